The molecule has 0 fully saturated rings. The van der Waals surface area contributed by atoms with Gasteiger partial charge in [0.05, 0.1) is 0 Å². The van der Waals surface area contributed by atoms with E-state index >= 15 is 0 Å². The Kier molecular flexibility index (Phi) is 4.46. The molecule has 4 heteroatoms. The predicted octanol–water partition coefficient (Wildman–Crippen LogP) is 2.64. The third kappa shape index (κ3) is 2.99. The first-order valence-electron chi connectivity index (χ1n) is 7.35. The van der Waals surface area contributed by atoms with Crippen molar-refractivity contribution in [2.45, 2.75) is 39.0 Å². The van der Waals surface area contributed by atoms with Gasteiger partial charge >= 0.3 is 0 Å². The fourth-order valence-electron chi connectivity index (χ4n) is 2.72. The minimum Gasteiger partial charge on any atom is -0.322 e. The van der Waals surface area contributed by atoms with Gasteiger partial charge in [0.2, 0.25) is 0 Å². The molecular weight excluding hydrogens is 264 g/mol. The van der Waals surface area contributed by atoms with Gasteiger partial charge in [-0.05, 0) is 42.9 Å². The number of allylic oxidation sites excluding steroid dienone is 2. The summed E-state index contributed by atoms with van der Waals surface area (Å²) in [6.07, 6.45) is 6.45. The molecule has 1 aromatic rings. The van der Waals surface area contributed by atoms with E-state index in [9.17, 15) is 9.59 Å². The summed E-state index contributed by atoms with van der Waals surface area (Å²) in [5, 5.41) is 2.67. The van der Waals surface area contributed by atoms with Crippen LogP contribution >= 0.6 is 0 Å². The van der Waals surface area contributed by atoms with Gasteiger partial charge in [0, 0.05) is 18.4 Å². The molecule has 1 amide bonds. The Morgan fingerprint density at radius 3 is 2.95 bits per heavy atom. The standard InChI is InChI=1S/C17H22N2O2/c1-5-6-7-12(3)18-16(20)14-10-13-11(2)8-9-15(13)19(4)17(14)21/h6-7,10-11H,3,5,8-9H2,1-2,4H3,(H,18,20)/b7-6-/t11-/m0/s1. The number of hydrogen-bond acceptors (Lipinski definition) is 2. The number of aromatic nitrogens is 1. The summed E-state index contributed by atoms with van der Waals surface area (Å²) in [6.45, 7) is 7.90. The highest BCUT2D eigenvalue weighted by molar-refractivity contribution is 5.95. The summed E-state index contributed by atoms with van der Waals surface area (Å²) in [4.78, 5) is 24.6. The van der Waals surface area contributed by atoms with Crippen molar-refractivity contribution in [3.05, 3.63) is 57.7 Å². The van der Waals surface area contributed by atoms with Crippen LogP contribution in [0.4, 0.5) is 0 Å². The number of carbonyl (C=O) groups is 1. The van der Waals surface area contributed by atoms with Gasteiger partial charge in [0.1, 0.15) is 5.56 Å². The van der Waals surface area contributed by atoms with Crippen LogP contribution < -0.4 is 10.9 Å². The van der Waals surface area contributed by atoms with E-state index in [2.05, 4.69) is 18.8 Å². The van der Waals surface area contributed by atoms with Crippen molar-refractivity contribution < 1.29 is 4.79 Å². The molecule has 1 aliphatic carbocycles. The molecule has 0 aromatic carbocycles. The third-order valence-corrected chi connectivity index (χ3v) is 3.99. The summed E-state index contributed by atoms with van der Waals surface area (Å²) >= 11 is 0. The second-order valence-corrected chi connectivity index (χ2v) is 5.55. The lowest BCUT2D eigenvalue weighted by Gasteiger charge is -2.12. The highest BCUT2D eigenvalue weighted by Crippen LogP contribution is 2.31. The van der Waals surface area contributed by atoms with E-state index in [4.69, 9.17) is 0 Å². The Hall–Kier alpha value is -2.10. The van der Waals surface area contributed by atoms with E-state index in [1.54, 1.807) is 23.8 Å². The molecule has 4 nitrogen and oxygen atoms in total. The van der Waals surface area contributed by atoms with E-state index in [0.29, 0.717) is 11.6 Å². The lowest BCUT2D eigenvalue weighted by Crippen LogP contribution is -2.32. The predicted molar refractivity (Wildman–Crippen MR) is 84.5 cm³/mol. The van der Waals surface area contributed by atoms with E-state index < -0.39 is 0 Å². The van der Waals surface area contributed by atoms with Crippen molar-refractivity contribution in [3.63, 3.8) is 0 Å². The maximum absolute atomic E-state index is 12.3. The molecule has 1 aromatic heterocycles. The number of nitrogens with one attached hydrogen (secondary N) is 1. The zero-order valence-electron chi connectivity index (χ0n) is 12.9. The van der Waals surface area contributed by atoms with Crippen LogP contribution in [0.15, 0.2) is 35.3 Å². The van der Waals surface area contributed by atoms with Crippen LogP contribution in [-0.4, -0.2) is 10.5 Å². The van der Waals surface area contributed by atoms with Crippen LogP contribution in [0.25, 0.3) is 0 Å². The van der Waals surface area contributed by atoms with Crippen molar-refractivity contribution in [2.75, 3.05) is 0 Å². The highest BCUT2D eigenvalue weighted by Gasteiger charge is 2.25. The molecule has 1 atom stereocenters. The molecule has 1 aliphatic rings. The Bertz CT molecular complexity index is 668. The molecule has 0 spiro atoms. The van der Waals surface area contributed by atoms with Gasteiger partial charge in [-0.2, -0.15) is 0 Å². The second kappa shape index (κ2) is 6.12. The minimum atomic E-state index is -0.386. The number of nitrogens with zero attached hydrogens (tertiary/aromatic N) is 1. The van der Waals surface area contributed by atoms with Crippen LogP contribution in [0.2, 0.25) is 0 Å². The molecular formula is C17H22N2O2. The molecule has 0 unspecified atom stereocenters. The maximum Gasteiger partial charge on any atom is 0.263 e. The van der Waals surface area contributed by atoms with Crippen molar-refractivity contribution in [3.8, 4) is 0 Å². The van der Waals surface area contributed by atoms with Gasteiger partial charge in [0.25, 0.3) is 11.5 Å². The first-order valence-corrected chi connectivity index (χ1v) is 7.35. The average Bonchev–Trinajstić information content (AvgIpc) is 2.82. The summed E-state index contributed by atoms with van der Waals surface area (Å²) < 4.78 is 1.61. The Balaban J connectivity index is 2.33. The van der Waals surface area contributed by atoms with Crippen molar-refractivity contribution >= 4 is 5.91 Å². The largest absolute Gasteiger partial charge is 0.322 e. The van der Waals surface area contributed by atoms with E-state index in [-0.39, 0.29) is 17.0 Å². The number of carbonyl (C=O) groups excluding carboxylic acids is 1. The van der Waals surface area contributed by atoms with E-state index in [1.807, 2.05) is 13.0 Å². The van der Waals surface area contributed by atoms with Crippen LogP contribution in [0, 0.1) is 0 Å². The van der Waals surface area contributed by atoms with Crippen LogP contribution in [0.3, 0.4) is 0 Å². The second-order valence-electron chi connectivity index (χ2n) is 5.55. The van der Waals surface area contributed by atoms with Gasteiger partial charge in [-0.1, -0.05) is 26.5 Å². The van der Waals surface area contributed by atoms with Gasteiger partial charge in [-0.25, -0.2) is 0 Å². The minimum absolute atomic E-state index is 0.191. The summed E-state index contributed by atoms with van der Waals surface area (Å²) in [5.74, 6) is 0.00444. The SMILES string of the molecule is C=C(/C=C\CC)NC(=O)c1cc2c(n(C)c1=O)CC[C@@H]2C. The zero-order chi connectivity index (χ0) is 15.6. The number of amides is 1. The maximum atomic E-state index is 12.3. The monoisotopic (exact) mass is 286 g/mol. The van der Waals surface area contributed by atoms with Gasteiger partial charge < -0.3 is 9.88 Å². The molecule has 21 heavy (non-hydrogen) atoms. The fraction of sp³-hybridized carbons (Fsp3) is 0.412. The van der Waals surface area contributed by atoms with E-state index in [1.165, 1.54) is 0 Å². The number of hydrogen-bond donors (Lipinski definition) is 1. The normalized spacial score (nSPS) is 17.0. The first kappa shape index (κ1) is 15.3. The van der Waals surface area contributed by atoms with Gasteiger partial charge in [-0.15, -0.1) is 0 Å². The molecule has 0 aliphatic heterocycles. The Morgan fingerprint density at radius 1 is 1.57 bits per heavy atom. The lowest BCUT2D eigenvalue weighted by molar-refractivity contribution is 0.0965. The average molecular weight is 286 g/mol. The molecule has 0 saturated heterocycles. The van der Waals surface area contributed by atoms with Gasteiger partial charge in [0.15, 0.2) is 0 Å². The van der Waals surface area contributed by atoms with E-state index in [0.717, 1.165) is 30.5 Å². The topological polar surface area (TPSA) is 51.1 Å². The van der Waals surface area contributed by atoms with Crippen molar-refractivity contribution in [1.82, 2.24) is 9.88 Å². The molecule has 1 heterocycles. The molecule has 0 radical (unpaired) electrons. The third-order valence-electron chi connectivity index (χ3n) is 3.99. The van der Waals surface area contributed by atoms with Crippen molar-refractivity contribution in [1.29, 1.82) is 0 Å². The first-order chi connectivity index (χ1) is 9.95. The zero-order valence-corrected chi connectivity index (χ0v) is 12.9. The van der Waals surface area contributed by atoms with Crippen LogP contribution in [-0.2, 0) is 13.5 Å². The fourth-order valence-corrected chi connectivity index (χ4v) is 2.72. The summed E-state index contributed by atoms with van der Waals surface area (Å²) in [5.41, 5.74) is 2.60. The van der Waals surface area contributed by atoms with Crippen LogP contribution in [0.5, 0.6) is 0 Å². The molecule has 0 bridgehead atoms. The molecule has 0 saturated carbocycles. The number of fused-ring (bicyclic) bond motifs is 1. The highest BCUT2D eigenvalue weighted by atomic mass is 16.2. The number of rotatable bonds is 4. The number of pyridine rings is 1. The summed E-state index contributed by atoms with van der Waals surface area (Å²) in [7, 11) is 1.74. The molecule has 1 N–H and O–H groups in total. The molecule has 112 valence electrons. The molecule has 2 rings (SSSR count). The lowest BCUT2D eigenvalue weighted by atomic mass is 10.0. The smallest absolute Gasteiger partial charge is 0.263 e. The quantitative estimate of drug-likeness (QED) is 0.865. The van der Waals surface area contributed by atoms with Gasteiger partial charge in [-0.3, -0.25) is 9.59 Å². The Morgan fingerprint density at radius 2 is 2.29 bits per heavy atom. The van der Waals surface area contributed by atoms with Crippen LogP contribution in [0.1, 0.15) is 54.2 Å². The Labute approximate surface area is 125 Å². The van der Waals surface area contributed by atoms with Crippen molar-refractivity contribution in [2.24, 2.45) is 7.05 Å². The summed E-state index contributed by atoms with van der Waals surface area (Å²) in [6, 6.07) is 1.75.